The fourth-order valence-corrected chi connectivity index (χ4v) is 4.91. The zero-order valence-electron chi connectivity index (χ0n) is 19.6. The first-order valence-electron chi connectivity index (χ1n) is 11.0. The Morgan fingerprint density at radius 1 is 1.17 bits per heavy atom. The van der Waals surface area contributed by atoms with E-state index in [1.165, 1.54) is 22.9 Å². The van der Waals surface area contributed by atoms with Crippen molar-refractivity contribution in [2.75, 3.05) is 24.1 Å². The third kappa shape index (κ3) is 3.49. The average molecular weight is 496 g/mol. The first-order valence-corrected chi connectivity index (χ1v) is 11.4. The van der Waals surface area contributed by atoms with Gasteiger partial charge in [0.15, 0.2) is 11.6 Å². The molecule has 2 aliphatic heterocycles. The zero-order chi connectivity index (χ0) is 25.1. The lowest BCUT2D eigenvalue weighted by atomic mass is 9.85. The lowest BCUT2D eigenvalue weighted by molar-refractivity contribution is -0.121. The Hall–Kier alpha value is -3.72. The van der Waals surface area contributed by atoms with Gasteiger partial charge in [-0.15, -0.1) is 0 Å². The first-order chi connectivity index (χ1) is 16.6. The summed E-state index contributed by atoms with van der Waals surface area (Å²) in [7, 11) is 3.00. The topological polar surface area (TPSA) is 80.0 Å². The van der Waals surface area contributed by atoms with E-state index in [1.54, 1.807) is 62.5 Å². The highest BCUT2D eigenvalue weighted by atomic mass is 35.5. The Bertz CT molecular complexity index is 1450. The molecule has 3 heterocycles. The molecule has 3 aromatic rings. The summed E-state index contributed by atoms with van der Waals surface area (Å²) in [6, 6.07) is 9.80. The summed E-state index contributed by atoms with van der Waals surface area (Å²) < 4.78 is 22.6. The second kappa shape index (κ2) is 8.20. The van der Waals surface area contributed by atoms with Crippen molar-refractivity contribution in [3.05, 3.63) is 74.9 Å². The van der Waals surface area contributed by atoms with Gasteiger partial charge in [-0.1, -0.05) is 17.7 Å². The Labute approximate surface area is 206 Å². The van der Waals surface area contributed by atoms with Crippen LogP contribution in [0.1, 0.15) is 37.6 Å². The van der Waals surface area contributed by atoms with Gasteiger partial charge in [0.25, 0.3) is 0 Å². The van der Waals surface area contributed by atoms with Crippen molar-refractivity contribution in [2.45, 2.75) is 31.7 Å². The summed E-state index contributed by atoms with van der Waals surface area (Å²) in [4.78, 5) is 27.4. The number of hydrogen-bond acceptors (Lipinski definition) is 6. The van der Waals surface area contributed by atoms with Gasteiger partial charge in [0.1, 0.15) is 17.4 Å². The maximum absolute atomic E-state index is 15.9. The fraction of sp³-hybridized carbons (Fsp3) is 0.280. The number of benzene rings is 2. The highest BCUT2D eigenvalue weighted by Crippen LogP contribution is 2.44. The van der Waals surface area contributed by atoms with Gasteiger partial charge in [-0.3, -0.25) is 14.6 Å². The maximum atomic E-state index is 15.9. The number of fused-ring (bicyclic) bond motifs is 1. The maximum Gasteiger partial charge on any atom is 0.247 e. The van der Waals surface area contributed by atoms with Gasteiger partial charge < -0.3 is 9.64 Å². The molecular weight excluding hydrogens is 473 g/mol. The molecule has 2 aromatic carbocycles. The van der Waals surface area contributed by atoms with Crippen molar-refractivity contribution in [1.29, 1.82) is 0 Å². The van der Waals surface area contributed by atoms with Crippen molar-refractivity contribution in [1.82, 2.24) is 9.78 Å². The first kappa shape index (κ1) is 23.0. The van der Waals surface area contributed by atoms with Gasteiger partial charge in [-0.2, -0.15) is 10.2 Å². The van der Waals surface area contributed by atoms with Crippen LogP contribution >= 0.6 is 11.6 Å². The number of methoxy groups -OCH3 is 1. The van der Waals surface area contributed by atoms with Crippen molar-refractivity contribution in [2.24, 2.45) is 5.10 Å². The Morgan fingerprint density at radius 2 is 1.91 bits per heavy atom. The van der Waals surface area contributed by atoms with Crippen LogP contribution in [0.3, 0.4) is 0 Å². The third-order valence-electron chi connectivity index (χ3n) is 6.52. The summed E-state index contributed by atoms with van der Waals surface area (Å²) in [5.74, 6) is -0.765. The summed E-state index contributed by atoms with van der Waals surface area (Å²) in [5, 5.41) is 11.1. The SMILES string of the molecule is COc1cn(-c2ccc3c(c2F)C(C)(C)C(=O)N3C)nc(C2CC=NN2c2cccc(Cl)c2)c1=O. The Balaban J connectivity index is 1.66. The average Bonchev–Trinajstić information content (AvgIpc) is 3.38. The normalized spacial score (nSPS) is 18.3. The van der Waals surface area contributed by atoms with E-state index in [4.69, 9.17) is 16.3 Å². The number of amides is 1. The second-order valence-corrected chi connectivity index (χ2v) is 9.45. The van der Waals surface area contributed by atoms with E-state index >= 15 is 4.39 Å². The number of halogens is 2. The molecule has 2 aliphatic rings. The van der Waals surface area contributed by atoms with E-state index in [0.717, 1.165) is 0 Å². The molecule has 180 valence electrons. The van der Waals surface area contributed by atoms with Gasteiger partial charge in [0.05, 0.1) is 30.1 Å². The number of nitrogens with zero attached hydrogens (tertiary/aromatic N) is 5. The highest BCUT2D eigenvalue weighted by Gasteiger charge is 2.45. The van der Waals surface area contributed by atoms with Gasteiger partial charge in [0, 0.05) is 30.3 Å². The largest absolute Gasteiger partial charge is 0.491 e. The molecule has 0 saturated heterocycles. The molecule has 0 N–H and O–H groups in total. The molecule has 35 heavy (non-hydrogen) atoms. The van der Waals surface area contributed by atoms with E-state index in [0.29, 0.717) is 22.8 Å². The molecule has 1 amide bonds. The molecule has 0 bridgehead atoms. The van der Waals surface area contributed by atoms with E-state index in [9.17, 15) is 9.59 Å². The second-order valence-electron chi connectivity index (χ2n) is 9.01. The Morgan fingerprint density at radius 3 is 2.63 bits per heavy atom. The van der Waals surface area contributed by atoms with Crippen LogP contribution in [-0.2, 0) is 10.2 Å². The van der Waals surface area contributed by atoms with E-state index < -0.39 is 22.7 Å². The number of rotatable bonds is 4. The van der Waals surface area contributed by atoms with Gasteiger partial charge in [-0.25, -0.2) is 9.07 Å². The van der Waals surface area contributed by atoms with E-state index in [1.807, 2.05) is 6.07 Å². The summed E-state index contributed by atoms with van der Waals surface area (Å²) in [5.41, 5.74) is 0.279. The quantitative estimate of drug-likeness (QED) is 0.541. The van der Waals surface area contributed by atoms with Crippen LogP contribution in [0, 0.1) is 5.82 Å². The Kier molecular flexibility index (Phi) is 5.40. The standard InChI is InChI=1S/C25H23ClFN5O3/c1-25(2)20-16(30(3)24(25)34)8-9-17(21(20)27)31-13-19(35-4)23(33)22(29-31)18-10-11-28-32(18)15-7-5-6-14(26)12-15/h5-9,11-13,18H,10H2,1-4H3. The lowest BCUT2D eigenvalue weighted by Gasteiger charge is -2.24. The zero-order valence-corrected chi connectivity index (χ0v) is 20.4. The minimum Gasteiger partial charge on any atom is -0.491 e. The number of hydrazone groups is 1. The van der Waals surface area contributed by atoms with Crippen LogP contribution in [0.2, 0.25) is 5.02 Å². The predicted octanol–water partition coefficient (Wildman–Crippen LogP) is 4.22. The minimum absolute atomic E-state index is 0.0142. The van der Waals surface area contributed by atoms with Crippen LogP contribution in [0.4, 0.5) is 15.8 Å². The summed E-state index contributed by atoms with van der Waals surface area (Å²) >= 11 is 6.16. The van der Waals surface area contributed by atoms with Crippen LogP contribution in [-0.4, -0.2) is 36.1 Å². The molecule has 1 unspecified atom stereocenters. The molecule has 5 rings (SSSR count). The molecule has 8 nitrogen and oxygen atoms in total. The molecule has 1 atom stereocenters. The summed E-state index contributed by atoms with van der Waals surface area (Å²) in [6.45, 7) is 3.38. The number of carbonyl (C=O) groups is 1. The molecule has 10 heteroatoms. The van der Waals surface area contributed by atoms with Crippen LogP contribution in [0.5, 0.6) is 5.75 Å². The number of hydrogen-bond donors (Lipinski definition) is 0. The van der Waals surface area contributed by atoms with Gasteiger partial charge >= 0.3 is 0 Å². The molecule has 0 aliphatic carbocycles. The smallest absolute Gasteiger partial charge is 0.247 e. The van der Waals surface area contributed by atoms with Crippen molar-refractivity contribution < 1.29 is 13.9 Å². The highest BCUT2D eigenvalue weighted by molar-refractivity contribution is 6.30. The molecule has 1 aromatic heterocycles. The molecule has 0 saturated carbocycles. The molecule has 0 spiro atoms. The van der Waals surface area contributed by atoms with Crippen molar-refractivity contribution in [3.63, 3.8) is 0 Å². The fourth-order valence-electron chi connectivity index (χ4n) is 4.72. The van der Waals surface area contributed by atoms with E-state index in [-0.39, 0.29) is 28.6 Å². The van der Waals surface area contributed by atoms with Crippen LogP contribution in [0.25, 0.3) is 5.69 Å². The van der Waals surface area contributed by atoms with E-state index in [2.05, 4.69) is 10.2 Å². The monoisotopic (exact) mass is 495 g/mol. The molecule has 0 radical (unpaired) electrons. The minimum atomic E-state index is -1.04. The third-order valence-corrected chi connectivity index (χ3v) is 6.76. The van der Waals surface area contributed by atoms with Crippen molar-refractivity contribution >= 4 is 35.1 Å². The van der Waals surface area contributed by atoms with Gasteiger partial charge in [-0.05, 0) is 44.2 Å². The molecule has 0 fully saturated rings. The number of anilines is 2. The van der Waals surface area contributed by atoms with Gasteiger partial charge in [0.2, 0.25) is 11.3 Å². The number of likely N-dealkylation sites (N-methyl/N-ethyl adjacent to an activating group) is 1. The molecular formula is C25H23ClFN5O3. The van der Waals surface area contributed by atoms with Crippen LogP contribution in [0.15, 0.2) is 52.5 Å². The number of carbonyl (C=O) groups excluding carboxylic acids is 1. The number of aromatic nitrogens is 2. The van der Waals surface area contributed by atoms with Crippen LogP contribution < -0.4 is 20.1 Å². The van der Waals surface area contributed by atoms with Crippen molar-refractivity contribution in [3.8, 4) is 11.4 Å². The predicted molar refractivity (Wildman–Crippen MR) is 133 cm³/mol. The number of ether oxygens (including phenoxy) is 1. The summed E-state index contributed by atoms with van der Waals surface area (Å²) in [6.07, 6.45) is 3.46. The lowest BCUT2D eigenvalue weighted by Crippen LogP contribution is -2.33.